The molecule has 0 aromatic heterocycles. The van der Waals surface area contributed by atoms with Crippen molar-refractivity contribution in [3.05, 3.63) is 59.7 Å². The number of rotatable bonds is 6. The summed E-state index contributed by atoms with van der Waals surface area (Å²) in [5.41, 5.74) is 1.69. The molecule has 2 aromatic rings. The van der Waals surface area contributed by atoms with Crippen LogP contribution in [0.5, 0.6) is 5.75 Å². The lowest BCUT2D eigenvalue weighted by Crippen LogP contribution is -2.28. The number of aromatic carboxylic acids is 1. The molecule has 0 radical (unpaired) electrons. The van der Waals surface area contributed by atoms with Crippen LogP contribution in [-0.2, 0) is 6.54 Å². The molecule has 6 nitrogen and oxygen atoms in total. The van der Waals surface area contributed by atoms with E-state index in [0.29, 0.717) is 18.8 Å². The second kappa shape index (κ2) is 7.84. The molecule has 0 aliphatic carbocycles. The maximum absolute atomic E-state index is 11.8. The Balaban J connectivity index is 1.83. The summed E-state index contributed by atoms with van der Waals surface area (Å²) >= 11 is 0. The number of anilines is 1. The smallest absolute Gasteiger partial charge is 0.335 e. The Bertz CT molecular complexity index is 666. The lowest BCUT2D eigenvalue weighted by Gasteiger charge is -2.09. The molecule has 2 rings (SSSR count). The van der Waals surface area contributed by atoms with Crippen LogP contribution >= 0.6 is 0 Å². The second-order valence-corrected chi connectivity index (χ2v) is 4.77. The first-order valence-electron chi connectivity index (χ1n) is 7.18. The van der Waals surface area contributed by atoms with Gasteiger partial charge in [-0.15, -0.1) is 0 Å². The number of benzene rings is 2. The minimum Gasteiger partial charge on any atom is -0.494 e. The van der Waals surface area contributed by atoms with Crippen LogP contribution in [0.3, 0.4) is 0 Å². The van der Waals surface area contributed by atoms with Crippen LogP contribution in [0.4, 0.5) is 10.5 Å². The van der Waals surface area contributed by atoms with Crippen LogP contribution in [0.2, 0.25) is 0 Å². The third kappa shape index (κ3) is 5.03. The Labute approximate surface area is 134 Å². The zero-order valence-corrected chi connectivity index (χ0v) is 12.7. The maximum atomic E-state index is 11.8. The summed E-state index contributed by atoms with van der Waals surface area (Å²) in [6, 6.07) is 13.1. The molecular weight excluding hydrogens is 296 g/mol. The zero-order chi connectivity index (χ0) is 16.7. The third-order valence-electron chi connectivity index (χ3n) is 3.08. The summed E-state index contributed by atoms with van der Waals surface area (Å²) in [7, 11) is 0. The van der Waals surface area contributed by atoms with Crippen LogP contribution in [0.15, 0.2) is 48.5 Å². The second-order valence-electron chi connectivity index (χ2n) is 4.77. The van der Waals surface area contributed by atoms with Crippen LogP contribution in [0, 0.1) is 0 Å². The highest BCUT2D eigenvalue weighted by atomic mass is 16.5. The molecule has 2 aromatic carbocycles. The Hall–Kier alpha value is -3.02. The van der Waals surface area contributed by atoms with Crippen molar-refractivity contribution < 1.29 is 19.4 Å². The summed E-state index contributed by atoms with van der Waals surface area (Å²) < 4.78 is 5.33. The van der Waals surface area contributed by atoms with Crippen LogP contribution in [0.25, 0.3) is 0 Å². The van der Waals surface area contributed by atoms with E-state index < -0.39 is 5.97 Å². The molecule has 0 saturated heterocycles. The highest BCUT2D eigenvalue weighted by Crippen LogP contribution is 2.15. The Morgan fingerprint density at radius 2 is 1.70 bits per heavy atom. The topological polar surface area (TPSA) is 87.7 Å². The number of nitrogens with one attached hydrogen (secondary N) is 2. The number of carboxylic acid groups (broad SMARTS) is 1. The minimum atomic E-state index is -0.974. The molecule has 6 heteroatoms. The first-order valence-corrected chi connectivity index (χ1v) is 7.18. The fourth-order valence-electron chi connectivity index (χ4n) is 1.92. The highest BCUT2D eigenvalue weighted by Gasteiger charge is 2.04. The highest BCUT2D eigenvalue weighted by molar-refractivity contribution is 5.89. The van der Waals surface area contributed by atoms with E-state index in [0.717, 1.165) is 11.3 Å². The number of hydrogen-bond donors (Lipinski definition) is 3. The van der Waals surface area contributed by atoms with Gasteiger partial charge in [-0.2, -0.15) is 0 Å². The average molecular weight is 314 g/mol. The fraction of sp³-hybridized carbons (Fsp3) is 0.176. The van der Waals surface area contributed by atoms with Gasteiger partial charge in [-0.3, -0.25) is 0 Å². The van der Waals surface area contributed by atoms with Gasteiger partial charge in [-0.05, 0) is 48.9 Å². The lowest BCUT2D eigenvalue weighted by atomic mass is 10.1. The van der Waals surface area contributed by atoms with E-state index >= 15 is 0 Å². The number of urea groups is 1. The number of amides is 2. The maximum Gasteiger partial charge on any atom is 0.335 e. The van der Waals surface area contributed by atoms with Gasteiger partial charge >= 0.3 is 12.0 Å². The Morgan fingerprint density at radius 1 is 1.04 bits per heavy atom. The summed E-state index contributed by atoms with van der Waals surface area (Å²) in [6.45, 7) is 2.80. The van der Waals surface area contributed by atoms with E-state index in [4.69, 9.17) is 9.84 Å². The fourth-order valence-corrected chi connectivity index (χ4v) is 1.92. The molecule has 0 spiro atoms. The zero-order valence-electron chi connectivity index (χ0n) is 12.7. The summed E-state index contributed by atoms with van der Waals surface area (Å²) in [5, 5.41) is 14.2. The molecule has 23 heavy (non-hydrogen) atoms. The van der Waals surface area contributed by atoms with Crippen molar-refractivity contribution in [3.8, 4) is 5.75 Å². The summed E-state index contributed by atoms with van der Waals surface area (Å²) in [6.07, 6.45) is 0. The number of carbonyl (C=O) groups excluding carboxylic acids is 1. The van der Waals surface area contributed by atoms with Crippen molar-refractivity contribution in [3.63, 3.8) is 0 Å². The predicted octanol–water partition coefficient (Wildman–Crippen LogP) is 3.11. The van der Waals surface area contributed by atoms with Crippen LogP contribution < -0.4 is 15.4 Å². The van der Waals surface area contributed by atoms with Crippen LogP contribution in [0.1, 0.15) is 22.8 Å². The van der Waals surface area contributed by atoms with Crippen molar-refractivity contribution in [2.75, 3.05) is 11.9 Å². The van der Waals surface area contributed by atoms with Crippen molar-refractivity contribution in [2.24, 2.45) is 0 Å². The molecule has 0 fully saturated rings. The van der Waals surface area contributed by atoms with Gasteiger partial charge in [0.05, 0.1) is 12.2 Å². The standard InChI is InChI=1S/C17H18N2O4/c1-2-23-15-9-7-14(8-10-15)19-17(22)18-11-12-3-5-13(6-4-12)16(20)21/h3-10H,2,11H2,1H3,(H,20,21)(H2,18,19,22). The average Bonchev–Trinajstić information content (AvgIpc) is 2.55. The SMILES string of the molecule is CCOc1ccc(NC(=O)NCc2ccc(C(=O)O)cc2)cc1. The molecular formula is C17H18N2O4. The first-order chi connectivity index (χ1) is 11.1. The van der Waals surface area contributed by atoms with E-state index in [1.165, 1.54) is 12.1 Å². The molecule has 0 unspecified atom stereocenters. The molecule has 0 atom stereocenters. The van der Waals surface area contributed by atoms with Gasteiger partial charge in [-0.25, -0.2) is 9.59 Å². The minimum absolute atomic E-state index is 0.215. The van der Waals surface area contributed by atoms with Gasteiger partial charge in [0.1, 0.15) is 5.75 Å². The van der Waals surface area contributed by atoms with E-state index in [1.807, 2.05) is 6.92 Å². The number of hydrogen-bond acceptors (Lipinski definition) is 3. The molecule has 2 amide bonds. The quantitative estimate of drug-likeness (QED) is 0.764. The number of carboxylic acids is 1. The van der Waals surface area contributed by atoms with Crippen molar-refractivity contribution in [1.29, 1.82) is 0 Å². The Kier molecular flexibility index (Phi) is 5.57. The molecule has 0 bridgehead atoms. The van der Waals surface area contributed by atoms with Gasteiger partial charge < -0.3 is 20.5 Å². The molecule has 0 heterocycles. The van der Waals surface area contributed by atoms with E-state index in [-0.39, 0.29) is 11.6 Å². The van der Waals surface area contributed by atoms with Gasteiger partial charge in [0.2, 0.25) is 0 Å². The van der Waals surface area contributed by atoms with Crippen molar-refractivity contribution in [2.45, 2.75) is 13.5 Å². The molecule has 0 aliphatic rings. The number of ether oxygens (including phenoxy) is 1. The van der Waals surface area contributed by atoms with Crippen molar-refractivity contribution >= 4 is 17.7 Å². The summed E-state index contributed by atoms with van der Waals surface area (Å²) in [5.74, 6) is -0.227. The van der Waals surface area contributed by atoms with Crippen molar-refractivity contribution in [1.82, 2.24) is 5.32 Å². The monoisotopic (exact) mass is 314 g/mol. The van der Waals surface area contributed by atoms with Gasteiger partial charge in [-0.1, -0.05) is 12.1 Å². The first kappa shape index (κ1) is 16.4. The predicted molar refractivity (Wildman–Crippen MR) is 86.9 cm³/mol. The summed E-state index contributed by atoms with van der Waals surface area (Å²) in [4.78, 5) is 22.6. The van der Waals surface area contributed by atoms with Gasteiger partial charge in [0.15, 0.2) is 0 Å². The van der Waals surface area contributed by atoms with Gasteiger partial charge in [0, 0.05) is 12.2 Å². The normalized spacial score (nSPS) is 9.96. The van der Waals surface area contributed by atoms with Gasteiger partial charge in [0.25, 0.3) is 0 Å². The molecule has 0 saturated carbocycles. The Morgan fingerprint density at radius 3 is 2.26 bits per heavy atom. The van der Waals surface area contributed by atoms with E-state index in [2.05, 4.69) is 10.6 Å². The lowest BCUT2D eigenvalue weighted by molar-refractivity contribution is 0.0697. The van der Waals surface area contributed by atoms with Crippen LogP contribution in [-0.4, -0.2) is 23.7 Å². The molecule has 0 aliphatic heterocycles. The third-order valence-corrected chi connectivity index (χ3v) is 3.08. The molecule has 3 N–H and O–H groups in total. The van der Waals surface area contributed by atoms with E-state index in [9.17, 15) is 9.59 Å². The number of carbonyl (C=O) groups is 2. The molecule has 120 valence electrons. The van der Waals surface area contributed by atoms with E-state index in [1.54, 1.807) is 36.4 Å². The largest absolute Gasteiger partial charge is 0.494 e.